The zero-order valence-electron chi connectivity index (χ0n) is 12.7. The van der Waals surface area contributed by atoms with E-state index in [9.17, 15) is 5.11 Å². The van der Waals surface area contributed by atoms with Crippen molar-refractivity contribution in [2.45, 2.75) is 43.9 Å². The van der Waals surface area contributed by atoms with Gasteiger partial charge in [0.05, 0.1) is 17.8 Å². The molecule has 2 aliphatic rings. The SMILES string of the molecule is OC1CC([C@@H](NC2Cc3ccccc3C2)c2ccccn2)C1. The largest absolute Gasteiger partial charge is 0.393 e. The molecule has 1 atom stereocenters. The van der Waals surface area contributed by atoms with Crippen molar-refractivity contribution in [3.63, 3.8) is 0 Å². The van der Waals surface area contributed by atoms with E-state index in [0.29, 0.717) is 12.0 Å². The third-order valence-corrected chi connectivity index (χ3v) is 5.09. The Hall–Kier alpha value is -1.71. The zero-order chi connectivity index (χ0) is 14.9. The van der Waals surface area contributed by atoms with Gasteiger partial charge in [-0.2, -0.15) is 0 Å². The van der Waals surface area contributed by atoms with Gasteiger partial charge in [0.1, 0.15) is 0 Å². The lowest BCUT2D eigenvalue weighted by molar-refractivity contribution is 0.0212. The van der Waals surface area contributed by atoms with Gasteiger partial charge in [0.25, 0.3) is 0 Å². The van der Waals surface area contributed by atoms with Crippen LogP contribution in [0.4, 0.5) is 0 Å². The standard InChI is InChI=1S/C19H22N2O/c22-17-11-15(12-17)19(18-7-3-4-8-20-18)21-16-9-13-5-1-2-6-14(13)10-16/h1-8,15-17,19,21-22H,9-12H2/t15?,17?,19-/m1/s1. The second-order valence-electron chi connectivity index (χ2n) is 6.66. The number of aliphatic hydroxyl groups excluding tert-OH is 1. The number of pyridine rings is 1. The minimum Gasteiger partial charge on any atom is -0.393 e. The highest BCUT2D eigenvalue weighted by molar-refractivity contribution is 5.33. The van der Waals surface area contributed by atoms with Crippen molar-refractivity contribution < 1.29 is 5.11 Å². The first-order valence-corrected chi connectivity index (χ1v) is 8.21. The minimum atomic E-state index is -0.126. The Balaban J connectivity index is 1.50. The first-order valence-electron chi connectivity index (χ1n) is 8.21. The van der Waals surface area contributed by atoms with Gasteiger partial charge in [0.2, 0.25) is 0 Å². The topological polar surface area (TPSA) is 45.1 Å². The maximum absolute atomic E-state index is 9.67. The summed E-state index contributed by atoms with van der Waals surface area (Å²) in [6, 6.07) is 15.6. The molecule has 2 aromatic rings. The summed E-state index contributed by atoms with van der Waals surface area (Å²) in [5.41, 5.74) is 4.04. The number of hydrogen-bond donors (Lipinski definition) is 2. The van der Waals surface area contributed by atoms with E-state index in [4.69, 9.17) is 0 Å². The van der Waals surface area contributed by atoms with Gasteiger partial charge in [-0.1, -0.05) is 30.3 Å². The summed E-state index contributed by atoms with van der Waals surface area (Å²) in [6.45, 7) is 0. The lowest BCUT2D eigenvalue weighted by atomic mass is 9.76. The summed E-state index contributed by atoms with van der Waals surface area (Å²) >= 11 is 0. The number of aromatic nitrogens is 1. The van der Waals surface area contributed by atoms with Crippen LogP contribution in [-0.2, 0) is 12.8 Å². The summed E-state index contributed by atoms with van der Waals surface area (Å²) in [5.74, 6) is 0.494. The van der Waals surface area contributed by atoms with E-state index in [2.05, 4.69) is 46.7 Å². The zero-order valence-corrected chi connectivity index (χ0v) is 12.7. The molecule has 1 saturated carbocycles. The highest BCUT2D eigenvalue weighted by Gasteiger charge is 2.37. The van der Waals surface area contributed by atoms with E-state index < -0.39 is 0 Å². The van der Waals surface area contributed by atoms with E-state index >= 15 is 0 Å². The number of rotatable bonds is 4. The van der Waals surface area contributed by atoms with Crippen LogP contribution in [0, 0.1) is 5.92 Å². The molecule has 4 rings (SSSR count). The normalized spacial score (nSPS) is 25.5. The Kier molecular flexibility index (Phi) is 3.68. The fourth-order valence-electron chi connectivity index (χ4n) is 3.86. The summed E-state index contributed by atoms with van der Waals surface area (Å²) < 4.78 is 0. The second kappa shape index (κ2) is 5.82. The molecule has 0 saturated heterocycles. The fourth-order valence-corrected chi connectivity index (χ4v) is 3.86. The van der Waals surface area contributed by atoms with Crippen molar-refractivity contribution >= 4 is 0 Å². The summed E-state index contributed by atoms with van der Waals surface area (Å²) in [5, 5.41) is 13.5. The molecule has 1 fully saturated rings. The average molecular weight is 294 g/mol. The number of nitrogens with zero attached hydrogens (tertiary/aromatic N) is 1. The van der Waals surface area contributed by atoms with Crippen LogP contribution in [-0.4, -0.2) is 22.2 Å². The molecule has 0 unspecified atom stereocenters. The van der Waals surface area contributed by atoms with E-state index in [1.165, 1.54) is 11.1 Å². The maximum Gasteiger partial charge on any atom is 0.0576 e. The lowest BCUT2D eigenvalue weighted by Gasteiger charge is -2.39. The van der Waals surface area contributed by atoms with Crippen LogP contribution in [0.25, 0.3) is 0 Å². The summed E-state index contributed by atoms with van der Waals surface area (Å²) in [6.07, 6.45) is 5.69. The van der Waals surface area contributed by atoms with Crippen LogP contribution < -0.4 is 5.32 Å². The highest BCUT2D eigenvalue weighted by atomic mass is 16.3. The molecule has 22 heavy (non-hydrogen) atoms. The predicted octanol–water partition coefficient (Wildman–Crippen LogP) is 2.65. The van der Waals surface area contributed by atoms with Crippen LogP contribution in [0.5, 0.6) is 0 Å². The molecule has 0 radical (unpaired) electrons. The molecule has 2 N–H and O–H groups in total. The Morgan fingerprint density at radius 3 is 2.27 bits per heavy atom. The Morgan fingerprint density at radius 1 is 1.00 bits per heavy atom. The van der Waals surface area contributed by atoms with Gasteiger partial charge in [-0.15, -0.1) is 0 Å². The molecule has 114 valence electrons. The molecule has 1 aromatic heterocycles. The van der Waals surface area contributed by atoms with Gasteiger partial charge >= 0.3 is 0 Å². The molecular formula is C19H22N2O. The lowest BCUT2D eigenvalue weighted by Crippen LogP contribution is -2.43. The van der Waals surface area contributed by atoms with Crippen molar-refractivity contribution in [2.75, 3.05) is 0 Å². The minimum absolute atomic E-state index is 0.126. The van der Waals surface area contributed by atoms with E-state index in [1.807, 2.05) is 12.3 Å². The molecule has 0 amide bonds. The highest BCUT2D eigenvalue weighted by Crippen LogP contribution is 2.38. The molecule has 3 nitrogen and oxygen atoms in total. The molecule has 1 aromatic carbocycles. The first-order chi connectivity index (χ1) is 10.8. The summed E-state index contributed by atoms with van der Waals surface area (Å²) in [7, 11) is 0. The van der Waals surface area contributed by atoms with Crippen LogP contribution in [0.3, 0.4) is 0 Å². The number of aliphatic hydroxyl groups is 1. The first kappa shape index (κ1) is 13.9. The molecule has 1 heterocycles. The quantitative estimate of drug-likeness (QED) is 0.911. The van der Waals surface area contributed by atoms with Gasteiger partial charge < -0.3 is 10.4 Å². The number of benzene rings is 1. The Morgan fingerprint density at radius 2 is 1.68 bits per heavy atom. The Labute approximate surface area is 131 Å². The van der Waals surface area contributed by atoms with Crippen LogP contribution in [0.2, 0.25) is 0 Å². The fraction of sp³-hybridized carbons (Fsp3) is 0.421. The van der Waals surface area contributed by atoms with Crippen molar-refractivity contribution in [3.8, 4) is 0 Å². The monoisotopic (exact) mass is 294 g/mol. The summed E-state index contributed by atoms with van der Waals surface area (Å²) in [4.78, 5) is 4.55. The van der Waals surface area contributed by atoms with Crippen LogP contribution >= 0.6 is 0 Å². The number of hydrogen-bond acceptors (Lipinski definition) is 3. The smallest absolute Gasteiger partial charge is 0.0576 e. The Bertz CT molecular complexity index is 612. The molecule has 0 spiro atoms. The molecule has 0 aliphatic heterocycles. The van der Waals surface area contributed by atoms with Gasteiger partial charge in [-0.3, -0.25) is 4.98 Å². The third-order valence-electron chi connectivity index (χ3n) is 5.09. The van der Waals surface area contributed by atoms with Crippen LogP contribution in [0.1, 0.15) is 35.7 Å². The van der Waals surface area contributed by atoms with Crippen molar-refractivity contribution in [1.82, 2.24) is 10.3 Å². The number of fused-ring (bicyclic) bond motifs is 1. The number of nitrogens with one attached hydrogen (secondary N) is 1. The van der Waals surface area contributed by atoms with E-state index in [1.54, 1.807) is 0 Å². The molecule has 0 bridgehead atoms. The average Bonchev–Trinajstić information content (AvgIpc) is 2.93. The van der Waals surface area contributed by atoms with Gasteiger partial charge in [0.15, 0.2) is 0 Å². The maximum atomic E-state index is 9.67. The van der Waals surface area contributed by atoms with E-state index in [0.717, 1.165) is 31.4 Å². The van der Waals surface area contributed by atoms with Gasteiger partial charge in [-0.25, -0.2) is 0 Å². The third kappa shape index (κ3) is 2.67. The van der Waals surface area contributed by atoms with E-state index in [-0.39, 0.29) is 12.1 Å². The second-order valence-corrected chi connectivity index (χ2v) is 6.66. The molecular weight excluding hydrogens is 272 g/mol. The van der Waals surface area contributed by atoms with Gasteiger partial charge in [0, 0.05) is 12.2 Å². The van der Waals surface area contributed by atoms with Crippen molar-refractivity contribution in [2.24, 2.45) is 5.92 Å². The molecule has 3 heteroatoms. The van der Waals surface area contributed by atoms with Crippen molar-refractivity contribution in [3.05, 3.63) is 65.5 Å². The van der Waals surface area contributed by atoms with Crippen molar-refractivity contribution in [1.29, 1.82) is 0 Å². The van der Waals surface area contributed by atoms with Crippen LogP contribution in [0.15, 0.2) is 48.7 Å². The van der Waals surface area contributed by atoms with Gasteiger partial charge in [-0.05, 0) is 54.9 Å². The molecule has 2 aliphatic carbocycles. The predicted molar refractivity (Wildman–Crippen MR) is 86.5 cm³/mol.